The third-order valence-electron chi connectivity index (χ3n) is 4.70. The molecule has 1 nitrogen and oxygen atoms in total. The van der Waals surface area contributed by atoms with Gasteiger partial charge in [0.15, 0.2) is 0 Å². The normalized spacial score (nSPS) is 22.4. The van der Waals surface area contributed by atoms with Gasteiger partial charge in [0.1, 0.15) is 0 Å². The lowest BCUT2D eigenvalue weighted by Gasteiger charge is -2.24. The van der Waals surface area contributed by atoms with Gasteiger partial charge in [0.2, 0.25) is 0 Å². The molecule has 0 spiro atoms. The second-order valence-electron chi connectivity index (χ2n) is 6.16. The largest absolute Gasteiger partial charge is 0.314 e. The molecular weight excluding hydrogens is 238 g/mol. The van der Waals surface area contributed by atoms with E-state index in [2.05, 4.69) is 22.1 Å². The van der Waals surface area contributed by atoms with E-state index >= 15 is 0 Å². The first-order valence-electron chi connectivity index (χ1n) is 7.66. The molecule has 1 heterocycles. The molecule has 2 heteroatoms. The summed E-state index contributed by atoms with van der Waals surface area (Å²) in [5, 5.41) is 8.30. The van der Waals surface area contributed by atoms with Gasteiger partial charge in [-0.05, 0) is 66.5 Å². The lowest BCUT2D eigenvalue weighted by molar-refractivity contribution is 0.304. The van der Waals surface area contributed by atoms with E-state index in [0.717, 1.165) is 17.9 Å². The number of aryl methyl sites for hydroxylation is 1. The summed E-state index contributed by atoms with van der Waals surface area (Å²) in [6, 6.07) is 3.17. The molecule has 1 unspecified atom stereocenters. The van der Waals surface area contributed by atoms with Crippen LogP contribution >= 0.6 is 11.3 Å². The zero-order chi connectivity index (χ0) is 12.2. The van der Waals surface area contributed by atoms with Crippen molar-refractivity contribution in [3.05, 3.63) is 22.4 Å². The van der Waals surface area contributed by atoms with Crippen LogP contribution in [0.4, 0.5) is 0 Å². The molecule has 2 aliphatic carbocycles. The average Bonchev–Trinajstić information content (AvgIpc) is 2.86. The first kappa shape index (κ1) is 12.7. The van der Waals surface area contributed by atoms with E-state index in [-0.39, 0.29) is 0 Å². The molecule has 2 aliphatic rings. The molecule has 0 radical (unpaired) electrons. The van der Waals surface area contributed by atoms with Crippen LogP contribution in [0.1, 0.15) is 50.5 Å². The summed E-state index contributed by atoms with van der Waals surface area (Å²) in [4.78, 5) is 0. The Labute approximate surface area is 115 Å². The van der Waals surface area contributed by atoms with Crippen molar-refractivity contribution >= 4 is 11.3 Å². The van der Waals surface area contributed by atoms with Crippen molar-refractivity contribution in [3.8, 4) is 0 Å². The lowest BCUT2D eigenvalue weighted by atomic mass is 9.86. The van der Waals surface area contributed by atoms with Crippen molar-refractivity contribution in [1.29, 1.82) is 0 Å². The summed E-state index contributed by atoms with van der Waals surface area (Å²) in [5.74, 6) is 1.93. The maximum atomic E-state index is 3.77. The molecular formula is C16H25NS. The third-order valence-corrected chi connectivity index (χ3v) is 5.43. The Hall–Kier alpha value is -0.340. The molecule has 100 valence electrons. The van der Waals surface area contributed by atoms with Gasteiger partial charge in [-0.1, -0.05) is 25.7 Å². The lowest BCUT2D eigenvalue weighted by Crippen LogP contribution is -2.29. The highest BCUT2D eigenvalue weighted by Crippen LogP contribution is 2.34. The molecule has 1 aromatic heterocycles. The van der Waals surface area contributed by atoms with Crippen LogP contribution in [0.3, 0.4) is 0 Å². The van der Waals surface area contributed by atoms with Gasteiger partial charge in [0.25, 0.3) is 0 Å². The van der Waals surface area contributed by atoms with Crippen molar-refractivity contribution in [2.24, 2.45) is 11.8 Å². The molecule has 1 N–H and O–H groups in total. The zero-order valence-corrected chi connectivity index (χ0v) is 12.1. The summed E-state index contributed by atoms with van der Waals surface area (Å²) in [7, 11) is 0. The molecule has 0 amide bonds. The van der Waals surface area contributed by atoms with Crippen LogP contribution in [0.15, 0.2) is 16.8 Å². The minimum absolute atomic E-state index is 0.870. The fourth-order valence-corrected chi connectivity index (χ4v) is 4.03. The van der Waals surface area contributed by atoms with Crippen LogP contribution in [0.5, 0.6) is 0 Å². The molecule has 3 rings (SSSR count). The van der Waals surface area contributed by atoms with E-state index in [1.165, 1.54) is 57.9 Å². The van der Waals surface area contributed by atoms with Gasteiger partial charge in [-0.15, -0.1) is 0 Å². The number of hydrogen-bond acceptors (Lipinski definition) is 2. The molecule has 0 aromatic carbocycles. The van der Waals surface area contributed by atoms with Crippen LogP contribution in [0.25, 0.3) is 0 Å². The van der Waals surface area contributed by atoms with Gasteiger partial charge in [-0.25, -0.2) is 0 Å². The summed E-state index contributed by atoms with van der Waals surface area (Å²) in [5.41, 5.74) is 1.55. The monoisotopic (exact) mass is 263 g/mol. The summed E-state index contributed by atoms with van der Waals surface area (Å²) < 4.78 is 0. The molecule has 0 aliphatic heterocycles. The summed E-state index contributed by atoms with van der Waals surface area (Å²) >= 11 is 1.84. The van der Waals surface area contributed by atoms with E-state index in [1.54, 1.807) is 5.56 Å². The molecule has 18 heavy (non-hydrogen) atoms. The Morgan fingerprint density at radius 1 is 1.22 bits per heavy atom. The van der Waals surface area contributed by atoms with Crippen LogP contribution in [-0.4, -0.2) is 12.6 Å². The number of nitrogens with one attached hydrogen (secondary N) is 1. The molecule has 2 saturated carbocycles. The topological polar surface area (TPSA) is 12.0 Å². The summed E-state index contributed by atoms with van der Waals surface area (Å²) in [6.45, 7) is 1.28. The fraction of sp³-hybridized carbons (Fsp3) is 0.750. The van der Waals surface area contributed by atoms with Gasteiger partial charge >= 0.3 is 0 Å². The van der Waals surface area contributed by atoms with Gasteiger partial charge in [-0.2, -0.15) is 11.3 Å². The Morgan fingerprint density at radius 3 is 2.72 bits per heavy atom. The van der Waals surface area contributed by atoms with Crippen molar-refractivity contribution in [2.75, 3.05) is 6.54 Å². The highest BCUT2D eigenvalue weighted by Gasteiger charge is 2.27. The SMILES string of the molecule is c1cc(CCC(CNC2CC2)C2CCCC2)cs1. The smallest absolute Gasteiger partial charge is 0.00683 e. The first-order chi connectivity index (χ1) is 8.92. The van der Waals surface area contributed by atoms with Crippen LogP contribution < -0.4 is 5.32 Å². The van der Waals surface area contributed by atoms with Crippen molar-refractivity contribution < 1.29 is 0 Å². The first-order valence-corrected chi connectivity index (χ1v) is 8.60. The van der Waals surface area contributed by atoms with E-state index < -0.39 is 0 Å². The maximum absolute atomic E-state index is 3.77. The van der Waals surface area contributed by atoms with E-state index in [4.69, 9.17) is 0 Å². The van der Waals surface area contributed by atoms with E-state index in [1.807, 2.05) is 11.3 Å². The van der Waals surface area contributed by atoms with Gasteiger partial charge in [-0.3, -0.25) is 0 Å². The molecule has 1 atom stereocenters. The number of rotatable bonds is 7. The molecule has 0 bridgehead atoms. The third kappa shape index (κ3) is 3.58. The fourth-order valence-electron chi connectivity index (χ4n) is 3.33. The van der Waals surface area contributed by atoms with Crippen LogP contribution in [0, 0.1) is 11.8 Å². The maximum Gasteiger partial charge on any atom is 0.00683 e. The second kappa shape index (κ2) is 6.21. The van der Waals surface area contributed by atoms with E-state index in [0.29, 0.717) is 0 Å². The Balaban J connectivity index is 1.49. The highest BCUT2D eigenvalue weighted by molar-refractivity contribution is 7.07. The second-order valence-corrected chi connectivity index (χ2v) is 6.94. The molecule has 1 aromatic rings. The quantitative estimate of drug-likeness (QED) is 0.776. The van der Waals surface area contributed by atoms with Gasteiger partial charge in [0, 0.05) is 6.04 Å². The van der Waals surface area contributed by atoms with Gasteiger partial charge < -0.3 is 5.32 Å². The summed E-state index contributed by atoms with van der Waals surface area (Å²) in [6.07, 6.45) is 11.4. The van der Waals surface area contributed by atoms with Crippen LogP contribution in [-0.2, 0) is 6.42 Å². The zero-order valence-electron chi connectivity index (χ0n) is 11.2. The van der Waals surface area contributed by atoms with Crippen molar-refractivity contribution in [3.63, 3.8) is 0 Å². The highest BCUT2D eigenvalue weighted by atomic mass is 32.1. The number of hydrogen-bond donors (Lipinski definition) is 1. The molecule has 0 saturated heterocycles. The Bertz CT molecular complexity index is 336. The van der Waals surface area contributed by atoms with Gasteiger partial charge in [0.05, 0.1) is 0 Å². The Kier molecular flexibility index (Phi) is 4.37. The molecule has 2 fully saturated rings. The van der Waals surface area contributed by atoms with Crippen molar-refractivity contribution in [1.82, 2.24) is 5.32 Å². The average molecular weight is 263 g/mol. The Morgan fingerprint density at radius 2 is 2.06 bits per heavy atom. The minimum Gasteiger partial charge on any atom is -0.314 e. The predicted molar refractivity (Wildman–Crippen MR) is 79.1 cm³/mol. The van der Waals surface area contributed by atoms with Crippen LogP contribution in [0.2, 0.25) is 0 Å². The standard InChI is InChI=1S/C16H25NS/c1-2-4-14(3-1)15(11-17-16-7-8-16)6-5-13-9-10-18-12-13/h9-10,12,14-17H,1-8,11H2. The van der Waals surface area contributed by atoms with E-state index in [9.17, 15) is 0 Å². The number of thiophene rings is 1. The minimum atomic E-state index is 0.870. The van der Waals surface area contributed by atoms with Crippen molar-refractivity contribution in [2.45, 2.75) is 57.4 Å². The predicted octanol–water partition coefficient (Wildman–Crippen LogP) is 4.24.